The molecule has 0 aliphatic heterocycles. The topological polar surface area (TPSA) is 45.7 Å². The number of hydrogen-bond acceptors (Lipinski definition) is 3. The Kier molecular flexibility index (Phi) is 9.80. The molecule has 0 aliphatic rings. The van der Waals surface area contributed by atoms with Crippen LogP contribution in [0.2, 0.25) is 0 Å². The molecule has 130 valence electrons. The Bertz CT molecular complexity index is 449. The molecular weight excluding hydrogens is 306 g/mol. The highest BCUT2D eigenvalue weighted by molar-refractivity contribution is 7.99. The van der Waals surface area contributed by atoms with Crippen molar-refractivity contribution in [1.29, 1.82) is 0 Å². The monoisotopic (exact) mass is 337 g/mol. The zero-order valence-electron chi connectivity index (χ0n) is 14.9. The number of rotatable bonds is 10. The predicted octanol–water partition coefficient (Wildman–Crippen LogP) is 3.29. The maximum absolute atomic E-state index is 5.68. The summed E-state index contributed by atoms with van der Waals surface area (Å²) in [7, 11) is 1.81. The lowest BCUT2D eigenvalue weighted by molar-refractivity contribution is 0.117. The van der Waals surface area contributed by atoms with Crippen LogP contribution in [0, 0.1) is 0 Å². The first-order chi connectivity index (χ1) is 11.1. The highest BCUT2D eigenvalue weighted by atomic mass is 32.2. The van der Waals surface area contributed by atoms with E-state index in [-0.39, 0.29) is 4.75 Å². The first kappa shape index (κ1) is 19.8. The average molecular weight is 338 g/mol. The van der Waals surface area contributed by atoms with Gasteiger partial charge in [0, 0.05) is 31.5 Å². The molecule has 0 spiro atoms. The van der Waals surface area contributed by atoms with Crippen LogP contribution in [0.5, 0.6) is 0 Å². The third-order valence-corrected chi connectivity index (χ3v) is 4.83. The number of unbranched alkanes of at least 4 members (excludes halogenated alkanes) is 1. The fraction of sp³-hybridized carbons (Fsp3) is 0.611. The molecule has 1 aromatic carbocycles. The lowest BCUT2D eigenvalue weighted by Gasteiger charge is -2.23. The van der Waals surface area contributed by atoms with Crippen molar-refractivity contribution in [3.05, 3.63) is 35.9 Å². The second kappa shape index (κ2) is 11.4. The summed E-state index contributed by atoms with van der Waals surface area (Å²) in [4.78, 5) is 4.25. The molecule has 0 fully saturated rings. The summed E-state index contributed by atoms with van der Waals surface area (Å²) >= 11 is 1.85. The van der Waals surface area contributed by atoms with Gasteiger partial charge in [-0.05, 0) is 38.5 Å². The van der Waals surface area contributed by atoms with E-state index in [0.717, 1.165) is 38.5 Å². The van der Waals surface area contributed by atoms with Gasteiger partial charge >= 0.3 is 0 Å². The maximum atomic E-state index is 5.68. The van der Waals surface area contributed by atoms with Crippen LogP contribution in [-0.4, -0.2) is 43.7 Å². The molecule has 0 atom stereocenters. The zero-order valence-corrected chi connectivity index (χ0v) is 15.7. The summed E-state index contributed by atoms with van der Waals surface area (Å²) in [5.74, 6) is 0.873. The molecule has 0 radical (unpaired) electrons. The minimum Gasteiger partial charge on any atom is -0.377 e. The Morgan fingerprint density at radius 3 is 2.57 bits per heavy atom. The zero-order chi connectivity index (χ0) is 17.0. The number of ether oxygens (including phenoxy) is 1. The molecule has 0 unspecified atom stereocenters. The second-order valence-corrected chi connectivity index (χ2v) is 7.58. The van der Waals surface area contributed by atoms with Crippen LogP contribution in [0.3, 0.4) is 0 Å². The molecule has 0 heterocycles. The standard InChI is InChI=1S/C18H31N3OS/c1-18(2,23-4)15-21-17(19-3)20-12-8-9-13-22-14-16-10-6-5-7-11-16/h5-7,10-11H,8-9,12-15H2,1-4H3,(H2,19,20,21). The molecule has 0 saturated heterocycles. The lowest BCUT2D eigenvalue weighted by Crippen LogP contribution is -2.43. The fourth-order valence-corrected chi connectivity index (χ4v) is 2.11. The van der Waals surface area contributed by atoms with Crippen LogP contribution in [0.4, 0.5) is 0 Å². The van der Waals surface area contributed by atoms with Gasteiger partial charge in [0.05, 0.1) is 6.61 Å². The first-order valence-corrected chi connectivity index (χ1v) is 9.41. The summed E-state index contributed by atoms with van der Waals surface area (Å²) in [6.07, 6.45) is 4.25. The van der Waals surface area contributed by atoms with E-state index in [4.69, 9.17) is 4.74 Å². The molecule has 1 aromatic rings. The second-order valence-electron chi connectivity index (χ2n) is 6.06. The summed E-state index contributed by atoms with van der Waals surface area (Å²) in [6.45, 7) is 7.75. The first-order valence-electron chi connectivity index (χ1n) is 8.19. The molecule has 23 heavy (non-hydrogen) atoms. The van der Waals surface area contributed by atoms with Crippen molar-refractivity contribution in [2.24, 2.45) is 4.99 Å². The third-order valence-electron chi connectivity index (χ3n) is 3.58. The SMILES string of the molecule is CN=C(NCCCCOCc1ccccc1)NCC(C)(C)SC. The van der Waals surface area contributed by atoms with E-state index in [9.17, 15) is 0 Å². The molecule has 0 saturated carbocycles. The Hall–Kier alpha value is -1.20. The molecule has 5 heteroatoms. The largest absolute Gasteiger partial charge is 0.377 e. The number of nitrogens with one attached hydrogen (secondary N) is 2. The van der Waals surface area contributed by atoms with Gasteiger partial charge in [-0.3, -0.25) is 4.99 Å². The van der Waals surface area contributed by atoms with Gasteiger partial charge in [-0.1, -0.05) is 30.3 Å². The summed E-state index contributed by atoms with van der Waals surface area (Å²) in [6, 6.07) is 10.3. The van der Waals surface area contributed by atoms with Crippen molar-refractivity contribution in [3.63, 3.8) is 0 Å². The van der Waals surface area contributed by atoms with Crippen molar-refractivity contribution in [1.82, 2.24) is 10.6 Å². The van der Waals surface area contributed by atoms with Crippen LogP contribution < -0.4 is 10.6 Å². The average Bonchev–Trinajstić information content (AvgIpc) is 2.57. The van der Waals surface area contributed by atoms with Crippen molar-refractivity contribution in [3.8, 4) is 0 Å². The van der Waals surface area contributed by atoms with Crippen LogP contribution >= 0.6 is 11.8 Å². The molecule has 4 nitrogen and oxygen atoms in total. The Morgan fingerprint density at radius 1 is 1.17 bits per heavy atom. The summed E-state index contributed by atoms with van der Waals surface area (Å²) < 4.78 is 5.89. The quantitative estimate of drug-likeness (QED) is 0.391. The minimum absolute atomic E-state index is 0.211. The molecular formula is C18H31N3OS. The van der Waals surface area contributed by atoms with Crippen LogP contribution in [0.25, 0.3) is 0 Å². The highest BCUT2D eigenvalue weighted by Crippen LogP contribution is 2.19. The molecule has 2 N–H and O–H groups in total. The Labute approximate surface area is 145 Å². The number of benzene rings is 1. The summed E-state index contributed by atoms with van der Waals surface area (Å²) in [5.41, 5.74) is 1.23. The van der Waals surface area contributed by atoms with Gasteiger partial charge in [-0.15, -0.1) is 0 Å². The Morgan fingerprint density at radius 2 is 1.91 bits per heavy atom. The van der Waals surface area contributed by atoms with Gasteiger partial charge in [0.1, 0.15) is 0 Å². The number of guanidine groups is 1. The molecule has 0 aromatic heterocycles. The number of thioether (sulfide) groups is 1. The Balaban J connectivity index is 2.04. The molecule has 1 rings (SSSR count). The lowest BCUT2D eigenvalue weighted by atomic mass is 10.2. The van der Waals surface area contributed by atoms with Crippen LogP contribution in [0.15, 0.2) is 35.3 Å². The van der Waals surface area contributed by atoms with E-state index in [2.05, 4.69) is 47.9 Å². The van der Waals surface area contributed by atoms with Crippen molar-refractivity contribution in [2.45, 2.75) is 38.0 Å². The van der Waals surface area contributed by atoms with Crippen molar-refractivity contribution in [2.75, 3.05) is 33.0 Å². The van der Waals surface area contributed by atoms with E-state index in [1.165, 1.54) is 5.56 Å². The molecule has 0 aliphatic carbocycles. The highest BCUT2D eigenvalue weighted by Gasteiger charge is 2.15. The van der Waals surface area contributed by atoms with Crippen molar-refractivity contribution >= 4 is 17.7 Å². The predicted molar refractivity (Wildman–Crippen MR) is 102 cm³/mol. The van der Waals surface area contributed by atoms with Gasteiger partial charge < -0.3 is 15.4 Å². The van der Waals surface area contributed by atoms with Crippen LogP contribution in [0.1, 0.15) is 32.3 Å². The normalized spacial score (nSPS) is 12.3. The number of hydrogen-bond donors (Lipinski definition) is 2. The summed E-state index contributed by atoms with van der Waals surface area (Å²) in [5, 5.41) is 6.72. The van der Waals surface area contributed by atoms with E-state index in [1.807, 2.05) is 37.0 Å². The smallest absolute Gasteiger partial charge is 0.191 e. The van der Waals surface area contributed by atoms with Gasteiger partial charge in [0.25, 0.3) is 0 Å². The van der Waals surface area contributed by atoms with Gasteiger partial charge in [0.15, 0.2) is 5.96 Å². The van der Waals surface area contributed by atoms with Gasteiger partial charge in [0.2, 0.25) is 0 Å². The molecule has 0 amide bonds. The van der Waals surface area contributed by atoms with Crippen molar-refractivity contribution < 1.29 is 4.74 Å². The van der Waals surface area contributed by atoms with E-state index >= 15 is 0 Å². The maximum Gasteiger partial charge on any atom is 0.191 e. The van der Waals surface area contributed by atoms with E-state index < -0.39 is 0 Å². The minimum atomic E-state index is 0.211. The molecule has 0 bridgehead atoms. The van der Waals surface area contributed by atoms with Gasteiger partial charge in [-0.2, -0.15) is 11.8 Å². The third kappa shape index (κ3) is 9.51. The van der Waals surface area contributed by atoms with Gasteiger partial charge in [-0.25, -0.2) is 0 Å². The number of nitrogens with zero attached hydrogens (tertiary/aromatic N) is 1. The van der Waals surface area contributed by atoms with E-state index in [0.29, 0.717) is 6.61 Å². The van der Waals surface area contributed by atoms with E-state index in [1.54, 1.807) is 0 Å². The van der Waals surface area contributed by atoms with Crippen LogP contribution in [-0.2, 0) is 11.3 Å². The number of aliphatic imine (C=N–C) groups is 1. The fourth-order valence-electron chi connectivity index (χ4n) is 1.89.